The van der Waals surface area contributed by atoms with Crippen LogP contribution < -0.4 is 10.1 Å². The van der Waals surface area contributed by atoms with Crippen LogP contribution in [-0.2, 0) is 26.1 Å². The molecule has 1 heterocycles. The highest BCUT2D eigenvalue weighted by molar-refractivity contribution is 5.37. The zero-order valence-electron chi connectivity index (χ0n) is 17.2. The second kappa shape index (κ2) is 8.40. The van der Waals surface area contributed by atoms with Crippen molar-refractivity contribution in [3.05, 3.63) is 77.0 Å². The first kappa shape index (κ1) is 19.1. The Labute approximate surface area is 169 Å². The van der Waals surface area contributed by atoms with E-state index in [9.17, 15) is 0 Å². The molecule has 0 amide bonds. The van der Waals surface area contributed by atoms with Crippen LogP contribution in [0.25, 0.3) is 0 Å². The van der Waals surface area contributed by atoms with Crippen molar-refractivity contribution in [2.75, 3.05) is 6.54 Å². The van der Waals surface area contributed by atoms with Crippen molar-refractivity contribution in [2.45, 2.75) is 58.8 Å². The van der Waals surface area contributed by atoms with Gasteiger partial charge in [-0.25, -0.2) is 0 Å². The Morgan fingerprint density at radius 3 is 2.57 bits per heavy atom. The number of nitrogens with zero attached hydrogens (tertiary/aromatic N) is 1. The van der Waals surface area contributed by atoms with Gasteiger partial charge in [0.25, 0.3) is 0 Å². The molecule has 1 N–H and O–H groups in total. The maximum Gasteiger partial charge on any atom is 0.119 e. The van der Waals surface area contributed by atoms with Crippen molar-refractivity contribution in [2.24, 2.45) is 5.92 Å². The van der Waals surface area contributed by atoms with Crippen LogP contribution in [0.2, 0.25) is 0 Å². The summed E-state index contributed by atoms with van der Waals surface area (Å²) in [6.07, 6.45) is 3.92. The highest BCUT2D eigenvalue weighted by Gasteiger charge is 2.24. The van der Waals surface area contributed by atoms with Gasteiger partial charge in [0.15, 0.2) is 0 Å². The van der Waals surface area contributed by atoms with E-state index in [1.807, 2.05) is 0 Å². The number of nitrogens with one attached hydrogen (secondary N) is 1. The van der Waals surface area contributed by atoms with Gasteiger partial charge in [0.2, 0.25) is 0 Å². The van der Waals surface area contributed by atoms with Crippen molar-refractivity contribution < 1.29 is 4.74 Å². The minimum Gasteiger partial charge on any atom is -0.491 e. The minimum atomic E-state index is 0.225. The van der Waals surface area contributed by atoms with Crippen LogP contribution in [0.15, 0.2) is 54.7 Å². The van der Waals surface area contributed by atoms with E-state index in [0.29, 0.717) is 5.92 Å². The van der Waals surface area contributed by atoms with Gasteiger partial charge in [0, 0.05) is 31.9 Å². The largest absolute Gasteiger partial charge is 0.491 e. The zero-order valence-corrected chi connectivity index (χ0v) is 17.2. The smallest absolute Gasteiger partial charge is 0.119 e. The van der Waals surface area contributed by atoms with E-state index in [2.05, 4.69) is 73.1 Å². The van der Waals surface area contributed by atoms with Crippen LogP contribution in [0, 0.1) is 5.92 Å². The highest BCUT2D eigenvalue weighted by Crippen LogP contribution is 2.34. The van der Waals surface area contributed by atoms with E-state index in [4.69, 9.17) is 4.74 Å². The number of hydrogen-bond acceptors (Lipinski definition) is 3. The maximum atomic E-state index is 5.84. The van der Waals surface area contributed by atoms with Gasteiger partial charge in [-0.1, -0.05) is 36.9 Å². The van der Waals surface area contributed by atoms with Gasteiger partial charge in [0.05, 0.1) is 6.10 Å². The molecule has 2 aromatic carbocycles. The van der Waals surface area contributed by atoms with Crippen LogP contribution in [0.1, 0.15) is 48.9 Å². The van der Waals surface area contributed by atoms with Crippen LogP contribution in [0.4, 0.5) is 0 Å². The molecule has 28 heavy (non-hydrogen) atoms. The van der Waals surface area contributed by atoms with E-state index in [0.717, 1.165) is 38.3 Å². The first-order valence-corrected chi connectivity index (χ1v) is 10.6. The molecule has 1 fully saturated rings. The second-order valence-corrected chi connectivity index (χ2v) is 8.53. The SMILES string of the molecule is C=C(NCc1ccc(CN2CCc3cc(OC(C)C)ccc3C2)cc1)C1CC1. The number of benzene rings is 2. The van der Waals surface area contributed by atoms with Crippen molar-refractivity contribution in [1.82, 2.24) is 10.2 Å². The Morgan fingerprint density at radius 1 is 1.11 bits per heavy atom. The van der Waals surface area contributed by atoms with Gasteiger partial charge in [-0.15, -0.1) is 0 Å². The van der Waals surface area contributed by atoms with E-state index in [-0.39, 0.29) is 6.10 Å². The molecule has 0 atom stereocenters. The monoisotopic (exact) mass is 376 g/mol. The fourth-order valence-corrected chi connectivity index (χ4v) is 3.88. The lowest BCUT2D eigenvalue weighted by Crippen LogP contribution is -2.30. The topological polar surface area (TPSA) is 24.5 Å². The summed E-state index contributed by atoms with van der Waals surface area (Å²) >= 11 is 0. The Balaban J connectivity index is 1.30. The number of allylic oxidation sites excluding steroid dienone is 1. The predicted octanol–water partition coefficient (Wildman–Crippen LogP) is 5.05. The molecular weight excluding hydrogens is 344 g/mol. The number of fused-ring (bicyclic) bond motifs is 1. The second-order valence-electron chi connectivity index (χ2n) is 8.53. The normalized spacial score (nSPS) is 16.7. The molecule has 148 valence electrons. The molecule has 0 unspecified atom stereocenters. The van der Waals surface area contributed by atoms with Crippen molar-refractivity contribution >= 4 is 0 Å². The van der Waals surface area contributed by atoms with Crippen LogP contribution in [0.5, 0.6) is 5.75 Å². The van der Waals surface area contributed by atoms with Gasteiger partial charge < -0.3 is 10.1 Å². The molecule has 1 aliphatic heterocycles. The maximum absolute atomic E-state index is 5.84. The Hall–Kier alpha value is -2.26. The minimum absolute atomic E-state index is 0.225. The summed E-state index contributed by atoms with van der Waals surface area (Å²) in [5.74, 6) is 1.71. The van der Waals surface area contributed by atoms with Crippen LogP contribution in [-0.4, -0.2) is 17.5 Å². The lowest BCUT2D eigenvalue weighted by molar-refractivity contribution is 0.235. The van der Waals surface area contributed by atoms with E-state index < -0.39 is 0 Å². The average molecular weight is 377 g/mol. The fraction of sp³-hybridized carbons (Fsp3) is 0.440. The highest BCUT2D eigenvalue weighted by atomic mass is 16.5. The third-order valence-electron chi connectivity index (χ3n) is 5.66. The van der Waals surface area contributed by atoms with Gasteiger partial charge in [-0.3, -0.25) is 4.90 Å². The third kappa shape index (κ3) is 4.96. The van der Waals surface area contributed by atoms with Crippen molar-refractivity contribution in [3.63, 3.8) is 0 Å². The summed E-state index contributed by atoms with van der Waals surface area (Å²) in [4.78, 5) is 2.54. The molecule has 0 saturated heterocycles. The van der Waals surface area contributed by atoms with Gasteiger partial charge >= 0.3 is 0 Å². The molecule has 3 heteroatoms. The molecule has 4 rings (SSSR count). The zero-order chi connectivity index (χ0) is 19.5. The molecule has 1 aliphatic carbocycles. The summed E-state index contributed by atoms with van der Waals surface area (Å²) < 4.78 is 5.84. The van der Waals surface area contributed by atoms with Crippen molar-refractivity contribution in [3.8, 4) is 5.75 Å². The molecule has 0 aromatic heterocycles. The Bertz CT molecular complexity index is 821. The standard InChI is InChI=1S/C25H32N2O/c1-18(2)28-25-11-10-24-17-27(13-12-23(24)14-25)16-21-6-4-20(5-7-21)15-26-19(3)22-8-9-22/h4-7,10-11,14,18,22,26H,3,8-9,12-13,15-17H2,1-2H3. The molecule has 0 spiro atoms. The van der Waals surface area contributed by atoms with Gasteiger partial charge in [-0.2, -0.15) is 0 Å². The summed E-state index contributed by atoms with van der Waals surface area (Å²) in [5.41, 5.74) is 6.78. The molecule has 2 aliphatic rings. The Kier molecular flexibility index (Phi) is 5.72. The summed E-state index contributed by atoms with van der Waals surface area (Å²) in [6.45, 7) is 12.3. The molecule has 0 radical (unpaired) electrons. The van der Waals surface area contributed by atoms with Crippen molar-refractivity contribution in [1.29, 1.82) is 0 Å². The molecule has 3 nitrogen and oxygen atoms in total. The average Bonchev–Trinajstić information content (AvgIpc) is 3.52. The predicted molar refractivity (Wildman–Crippen MR) is 115 cm³/mol. The summed E-state index contributed by atoms with van der Waals surface area (Å²) in [7, 11) is 0. The number of hydrogen-bond donors (Lipinski definition) is 1. The molecule has 0 bridgehead atoms. The number of ether oxygens (including phenoxy) is 1. The lowest BCUT2D eigenvalue weighted by Gasteiger charge is -2.29. The lowest BCUT2D eigenvalue weighted by atomic mass is 9.99. The third-order valence-corrected chi connectivity index (χ3v) is 5.66. The first-order chi connectivity index (χ1) is 13.6. The molecule has 2 aromatic rings. The van der Waals surface area contributed by atoms with Crippen LogP contribution >= 0.6 is 0 Å². The quantitative estimate of drug-likeness (QED) is 0.698. The van der Waals surface area contributed by atoms with Gasteiger partial charge in [-0.05, 0) is 73.4 Å². The molecular formula is C25H32N2O. The molecule has 1 saturated carbocycles. The van der Waals surface area contributed by atoms with E-state index >= 15 is 0 Å². The number of rotatable bonds is 8. The van der Waals surface area contributed by atoms with E-state index in [1.54, 1.807) is 0 Å². The van der Waals surface area contributed by atoms with Crippen LogP contribution in [0.3, 0.4) is 0 Å². The first-order valence-electron chi connectivity index (χ1n) is 10.6. The fourth-order valence-electron chi connectivity index (χ4n) is 3.88. The Morgan fingerprint density at radius 2 is 1.86 bits per heavy atom. The van der Waals surface area contributed by atoms with Gasteiger partial charge in [0.1, 0.15) is 5.75 Å². The summed E-state index contributed by atoms with van der Waals surface area (Å²) in [6, 6.07) is 15.6. The summed E-state index contributed by atoms with van der Waals surface area (Å²) in [5, 5.41) is 3.47. The van der Waals surface area contributed by atoms with E-state index in [1.165, 1.54) is 40.8 Å².